The highest BCUT2D eigenvalue weighted by molar-refractivity contribution is 7.89. The van der Waals surface area contributed by atoms with Gasteiger partial charge in [-0.15, -0.1) is 0 Å². The van der Waals surface area contributed by atoms with Crippen LogP contribution in [0.5, 0.6) is 0 Å². The molecule has 1 aliphatic heterocycles. The van der Waals surface area contributed by atoms with Gasteiger partial charge in [0.25, 0.3) is 0 Å². The highest BCUT2D eigenvalue weighted by atomic mass is 32.2. The molecule has 0 spiro atoms. The molecule has 0 aromatic carbocycles. The van der Waals surface area contributed by atoms with Crippen molar-refractivity contribution in [2.24, 2.45) is 5.92 Å². The first kappa shape index (κ1) is 15.1. The second kappa shape index (κ2) is 6.47. The summed E-state index contributed by atoms with van der Waals surface area (Å²) in [4.78, 5) is 7.99. The van der Waals surface area contributed by atoms with E-state index >= 15 is 0 Å². The van der Waals surface area contributed by atoms with Crippen molar-refractivity contribution in [1.29, 1.82) is 0 Å². The molecule has 2 heterocycles. The number of rotatable bonds is 5. The van der Waals surface area contributed by atoms with Gasteiger partial charge in [-0.3, -0.25) is 0 Å². The maximum atomic E-state index is 12.4. The quantitative estimate of drug-likeness (QED) is 0.855. The number of anilines is 1. The van der Waals surface area contributed by atoms with Gasteiger partial charge >= 0.3 is 0 Å². The molecule has 1 atom stereocenters. The first-order valence-corrected chi connectivity index (χ1v) is 8.02. The Morgan fingerprint density at radius 2 is 2.15 bits per heavy atom. The SMILES string of the molecule is CNc1ncc(S(=O)(=O)N(C)CC2CCCOC2)cn1. The van der Waals surface area contributed by atoms with E-state index in [2.05, 4.69) is 15.3 Å². The smallest absolute Gasteiger partial charge is 0.245 e. The van der Waals surface area contributed by atoms with Crippen LogP contribution in [-0.4, -0.2) is 56.5 Å². The second-order valence-electron chi connectivity index (χ2n) is 4.86. The topological polar surface area (TPSA) is 84.4 Å². The first-order chi connectivity index (χ1) is 9.54. The molecule has 1 aromatic rings. The summed E-state index contributed by atoms with van der Waals surface area (Å²) in [5.74, 6) is 0.647. The van der Waals surface area contributed by atoms with E-state index in [1.807, 2.05) is 0 Å². The van der Waals surface area contributed by atoms with Crippen molar-refractivity contribution >= 4 is 16.0 Å². The summed E-state index contributed by atoms with van der Waals surface area (Å²) >= 11 is 0. The number of sulfonamides is 1. The Labute approximate surface area is 119 Å². The van der Waals surface area contributed by atoms with E-state index in [-0.39, 0.29) is 10.8 Å². The van der Waals surface area contributed by atoms with E-state index in [1.54, 1.807) is 14.1 Å². The summed E-state index contributed by atoms with van der Waals surface area (Å²) in [6.07, 6.45) is 4.62. The molecule has 0 bridgehead atoms. The largest absolute Gasteiger partial charge is 0.381 e. The Morgan fingerprint density at radius 3 is 2.70 bits per heavy atom. The van der Waals surface area contributed by atoms with Crippen molar-refractivity contribution in [3.05, 3.63) is 12.4 Å². The second-order valence-corrected chi connectivity index (χ2v) is 6.91. The van der Waals surface area contributed by atoms with Crippen LogP contribution in [0.1, 0.15) is 12.8 Å². The van der Waals surface area contributed by atoms with Gasteiger partial charge in [0, 0.05) is 27.2 Å². The normalized spacial score (nSPS) is 20.1. The summed E-state index contributed by atoms with van der Waals surface area (Å²) in [7, 11) is -0.280. The van der Waals surface area contributed by atoms with Crippen molar-refractivity contribution in [3.63, 3.8) is 0 Å². The minimum absolute atomic E-state index is 0.107. The highest BCUT2D eigenvalue weighted by Gasteiger charge is 2.25. The van der Waals surface area contributed by atoms with E-state index < -0.39 is 10.0 Å². The van der Waals surface area contributed by atoms with Gasteiger partial charge in [0.05, 0.1) is 19.0 Å². The zero-order valence-corrected chi connectivity index (χ0v) is 12.6. The molecule has 0 aliphatic carbocycles. The molecule has 8 heteroatoms. The summed E-state index contributed by atoms with van der Waals surface area (Å²) in [5.41, 5.74) is 0. The van der Waals surface area contributed by atoms with E-state index in [4.69, 9.17) is 4.74 Å². The summed E-state index contributed by atoms with van der Waals surface area (Å²) in [6, 6.07) is 0. The molecule has 1 unspecified atom stereocenters. The Balaban J connectivity index is 2.07. The van der Waals surface area contributed by atoms with Crippen LogP contribution in [0.2, 0.25) is 0 Å². The van der Waals surface area contributed by atoms with Gasteiger partial charge in [-0.25, -0.2) is 22.7 Å². The fourth-order valence-corrected chi connectivity index (χ4v) is 3.31. The number of ether oxygens (including phenoxy) is 1. The molecular formula is C12H20N4O3S. The van der Waals surface area contributed by atoms with Crippen molar-refractivity contribution in [2.75, 3.05) is 39.2 Å². The molecule has 2 rings (SSSR count). The molecule has 0 amide bonds. The van der Waals surface area contributed by atoms with Crippen LogP contribution in [0.4, 0.5) is 5.95 Å². The van der Waals surface area contributed by atoms with Crippen LogP contribution in [0.25, 0.3) is 0 Å². The fourth-order valence-electron chi connectivity index (χ4n) is 2.17. The molecule has 1 aromatic heterocycles. The van der Waals surface area contributed by atoms with Crippen molar-refractivity contribution in [1.82, 2.24) is 14.3 Å². The van der Waals surface area contributed by atoms with Gasteiger partial charge in [0.2, 0.25) is 16.0 Å². The maximum Gasteiger partial charge on any atom is 0.245 e. The monoisotopic (exact) mass is 300 g/mol. The van der Waals surface area contributed by atoms with Gasteiger partial charge in [0.15, 0.2) is 0 Å². The third kappa shape index (κ3) is 3.44. The first-order valence-electron chi connectivity index (χ1n) is 6.58. The molecule has 1 saturated heterocycles. The van der Waals surface area contributed by atoms with Crippen LogP contribution in [0.3, 0.4) is 0 Å². The summed E-state index contributed by atoms with van der Waals surface area (Å²) in [6.45, 7) is 1.84. The highest BCUT2D eigenvalue weighted by Crippen LogP contribution is 2.19. The van der Waals surface area contributed by atoms with E-state index in [0.29, 0.717) is 19.1 Å². The van der Waals surface area contributed by atoms with Gasteiger partial charge in [-0.1, -0.05) is 0 Å². The Hall–Kier alpha value is -1.25. The molecule has 20 heavy (non-hydrogen) atoms. The van der Waals surface area contributed by atoms with Gasteiger partial charge < -0.3 is 10.1 Å². The van der Waals surface area contributed by atoms with Gasteiger partial charge in [-0.05, 0) is 18.8 Å². The predicted molar refractivity (Wildman–Crippen MR) is 74.9 cm³/mol. The van der Waals surface area contributed by atoms with Crippen LogP contribution in [0, 0.1) is 5.92 Å². The third-order valence-electron chi connectivity index (χ3n) is 3.33. The Bertz CT molecular complexity index is 526. The van der Waals surface area contributed by atoms with E-state index in [1.165, 1.54) is 16.7 Å². The van der Waals surface area contributed by atoms with E-state index in [0.717, 1.165) is 19.4 Å². The fraction of sp³-hybridized carbons (Fsp3) is 0.667. The summed E-state index contributed by atoms with van der Waals surface area (Å²) < 4.78 is 31.5. The number of aromatic nitrogens is 2. The minimum atomic E-state index is -3.54. The maximum absolute atomic E-state index is 12.4. The van der Waals surface area contributed by atoms with Crippen LogP contribution in [-0.2, 0) is 14.8 Å². The average Bonchev–Trinajstić information content (AvgIpc) is 2.48. The third-order valence-corrected chi connectivity index (χ3v) is 5.11. The van der Waals surface area contributed by atoms with Gasteiger partial charge in [0.1, 0.15) is 4.90 Å². The molecule has 7 nitrogen and oxygen atoms in total. The lowest BCUT2D eigenvalue weighted by atomic mass is 10.0. The lowest BCUT2D eigenvalue weighted by Gasteiger charge is -2.26. The van der Waals surface area contributed by atoms with Crippen molar-refractivity contribution < 1.29 is 13.2 Å². The Kier molecular flexibility index (Phi) is 4.90. The molecule has 0 radical (unpaired) electrons. The summed E-state index contributed by atoms with van der Waals surface area (Å²) in [5, 5.41) is 2.75. The number of hydrogen-bond acceptors (Lipinski definition) is 6. The molecule has 1 N–H and O–H groups in total. The van der Waals surface area contributed by atoms with Crippen LogP contribution < -0.4 is 5.32 Å². The number of nitrogens with zero attached hydrogens (tertiary/aromatic N) is 3. The zero-order valence-electron chi connectivity index (χ0n) is 11.7. The number of hydrogen-bond donors (Lipinski definition) is 1. The van der Waals surface area contributed by atoms with Gasteiger partial charge in [-0.2, -0.15) is 0 Å². The predicted octanol–water partition coefficient (Wildman–Crippen LogP) is 0.565. The van der Waals surface area contributed by atoms with Crippen LogP contribution >= 0.6 is 0 Å². The molecule has 1 fully saturated rings. The molecule has 112 valence electrons. The lowest BCUT2D eigenvalue weighted by Crippen LogP contribution is -2.35. The lowest BCUT2D eigenvalue weighted by molar-refractivity contribution is 0.0495. The van der Waals surface area contributed by atoms with E-state index in [9.17, 15) is 8.42 Å². The molecule has 0 saturated carbocycles. The minimum Gasteiger partial charge on any atom is -0.381 e. The van der Waals surface area contributed by atoms with Crippen LogP contribution in [0.15, 0.2) is 17.3 Å². The number of nitrogens with one attached hydrogen (secondary N) is 1. The zero-order chi connectivity index (χ0) is 14.6. The van der Waals surface area contributed by atoms with Crippen molar-refractivity contribution in [3.8, 4) is 0 Å². The van der Waals surface area contributed by atoms with Crippen molar-refractivity contribution in [2.45, 2.75) is 17.7 Å². The molecular weight excluding hydrogens is 280 g/mol. The Morgan fingerprint density at radius 1 is 1.45 bits per heavy atom. The average molecular weight is 300 g/mol. The molecule has 1 aliphatic rings. The standard InChI is InChI=1S/C12H20N4O3S/c1-13-12-14-6-11(7-15-12)20(17,18)16(2)8-10-4-3-5-19-9-10/h6-7,10H,3-5,8-9H2,1-2H3,(H,13,14,15).